The molecule has 454 valence electrons. The Morgan fingerprint density at radius 2 is 0.468 bits per heavy atom. The van der Waals surface area contributed by atoms with E-state index in [0.717, 1.165) is 70.6 Å². The first-order chi connectivity index (χ1) is 38.0. The van der Waals surface area contributed by atoms with Gasteiger partial charge in [-0.15, -0.1) is 0 Å². The highest BCUT2D eigenvalue weighted by Crippen LogP contribution is 2.19. The normalized spacial score (nSPS) is 12.1. The van der Waals surface area contributed by atoms with Crippen LogP contribution in [0.5, 0.6) is 0 Å². The number of esters is 3. The average molecular weight is 1080 g/mol. The van der Waals surface area contributed by atoms with Crippen molar-refractivity contribution in [2.24, 2.45) is 0 Å². The van der Waals surface area contributed by atoms with Crippen molar-refractivity contribution in [3.05, 3.63) is 24.3 Å². The van der Waals surface area contributed by atoms with Crippen molar-refractivity contribution in [1.29, 1.82) is 0 Å². The Morgan fingerprint density at radius 3 is 0.727 bits per heavy atom. The van der Waals surface area contributed by atoms with Gasteiger partial charge in [-0.1, -0.05) is 347 Å². The van der Waals surface area contributed by atoms with Gasteiger partial charge in [0.25, 0.3) is 0 Å². The first kappa shape index (κ1) is 74.9. The van der Waals surface area contributed by atoms with Crippen LogP contribution in [0, 0.1) is 0 Å². The molecule has 1 unspecified atom stereocenters. The van der Waals surface area contributed by atoms with E-state index in [0.29, 0.717) is 19.3 Å². The zero-order valence-corrected chi connectivity index (χ0v) is 52.3. The van der Waals surface area contributed by atoms with E-state index in [9.17, 15) is 14.4 Å². The highest BCUT2D eigenvalue weighted by Gasteiger charge is 2.19. The SMILES string of the molecule is CCCCCC/C=C\C/C=C\CCCCCCCCCC(=O)OCC(COC(=O)CCCCCCCCCCCCCCCCCCCCCCCC)OC(=O)CCCCCCCCCCCCCCCCCCCCC. The van der Waals surface area contributed by atoms with Gasteiger partial charge in [-0.3, -0.25) is 14.4 Å². The lowest BCUT2D eigenvalue weighted by Crippen LogP contribution is -2.30. The van der Waals surface area contributed by atoms with E-state index in [-0.39, 0.29) is 31.1 Å². The Labute approximate surface area is 481 Å². The number of hydrogen-bond donors (Lipinski definition) is 0. The summed E-state index contributed by atoms with van der Waals surface area (Å²) >= 11 is 0. The van der Waals surface area contributed by atoms with Crippen molar-refractivity contribution in [1.82, 2.24) is 0 Å². The van der Waals surface area contributed by atoms with E-state index in [4.69, 9.17) is 14.2 Å². The summed E-state index contributed by atoms with van der Waals surface area (Å²) in [6.45, 7) is 6.71. The highest BCUT2D eigenvalue weighted by atomic mass is 16.6. The van der Waals surface area contributed by atoms with Crippen LogP contribution < -0.4 is 0 Å². The van der Waals surface area contributed by atoms with Crippen LogP contribution in [0.3, 0.4) is 0 Å². The van der Waals surface area contributed by atoms with Gasteiger partial charge >= 0.3 is 17.9 Å². The maximum atomic E-state index is 12.9. The molecule has 77 heavy (non-hydrogen) atoms. The first-order valence-corrected chi connectivity index (χ1v) is 34.8. The smallest absolute Gasteiger partial charge is 0.306 e. The summed E-state index contributed by atoms with van der Waals surface area (Å²) in [5.74, 6) is -0.841. The Morgan fingerprint density at radius 1 is 0.260 bits per heavy atom. The first-order valence-electron chi connectivity index (χ1n) is 34.8. The second kappa shape index (κ2) is 66.4. The summed E-state index contributed by atoms with van der Waals surface area (Å²) in [6.07, 6.45) is 80.5. The molecule has 0 saturated heterocycles. The van der Waals surface area contributed by atoms with Crippen molar-refractivity contribution in [3.8, 4) is 0 Å². The molecule has 0 aliphatic rings. The van der Waals surface area contributed by atoms with E-state index in [2.05, 4.69) is 45.1 Å². The molecule has 0 aliphatic carbocycles. The minimum absolute atomic E-state index is 0.0671. The minimum atomic E-state index is -0.771. The fourth-order valence-corrected chi connectivity index (χ4v) is 10.7. The van der Waals surface area contributed by atoms with Gasteiger partial charge in [0, 0.05) is 19.3 Å². The molecule has 0 saturated carbocycles. The lowest BCUT2D eigenvalue weighted by molar-refractivity contribution is -0.167. The molecular weight excluding hydrogens is 949 g/mol. The molecule has 0 aromatic rings. The third-order valence-corrected chi connectivity index (χ3v) is 16.0. The summed E-state index contributed by atoms with van der Waals surface area (Å²) in [6, 6.07) is 0. The monoisotopic (exact) mass is 1080 g/mol. The third kappa shape index (κ3) is 64.6. The topological polar surface area (TPSA) is 78.9 Å². The van der Waals surface area contributed by atoms with Gasteiger partial charge in [-0.25, -0.2) is 0 Å². The van der Waals surface area contributed by atoms with Gasteiger partial charge in [0.15, 0.2) is 6.10 Å². The number of ether oxygens (including phenoxy) is 3. The molecule has 0 fully saturated rings. The van der Waals surface area contributed by atoms with E-state index in [1.54, 1.807) is 0 Å². The van der Waals surface area contributed by atoms with Crippen molar-refractivity contribution < 1.29 is 28.6 Å². The zero-order chi connectivity index (χ0) is 55.7. The van der Waals surface area contributed by atoms with Crippen molar-refractivity contribution in [2.75, 3.05) is 13.2 Å². The zero-order valence-electron chi connectivity index (χ0n) is 52.3. The number of carbonyl (C=O) groups excluding carboxylic acids is 3. The van der Waals surface area contributed by atoms with Crippen LogP contribution in [0.25, 0.3) is 0 Å². The van der Waals surface area contributed by atoms with E-state index < -0.39 is 6.10 Å². The van der Waals surface area contributed by atoms with Crippen LogP contribution >= 0.6 is 0 Å². The second-order valence-corrected chi connectivity index (χ2v) is 23.8. The summed E-state index contributed by atoms with van der Waals surface area (Å²) in [5.41, 5.74) is 0. The molecule has 0 spiro atoms. The van der Waals surface area contributed by atoms with Crippen LogP contribution in [0.15, 0.2) is 24.3 Å². The largest absolute Gasteiger partial charge is 0.462 e. The van der Waals surface area contributed by atoms with Crippen LogP contribution in [0.4, 0.5) is 0 Å². The average Bonchev–Trinajstić information content (AvgIpc) is 3.43. The van der Waals surface area contributed by atoms with Crippen LogP contribution in [0.2, 0.25) is 0 Å². The van der Waals surface area contributed by atoms with Gasteiger partial charge in [0.05, 0.1) is 0 Å². The van der Waals surface area contributed by atoms with Crippen LogP contribution in [0.1, 0.15) is 393 Å². The van der Waals surface area contributed by atoms with Gasteiger partial charge in [-0.05, 0) is 51.4 Å². The van der Waals surface area contributed by atoms with E-state index in [1.165, 1.54) is 283 Å². The molecule has 0 N–H and O–H groups in total. The fraction of sp³-hybridized carbons (Fsp3) is 0.901. The van der Waals surface area contributed by atoms with Crippen molar-refractivity contribution in [2.45, 2.75) is 399 Å². The van der Waals surface area contributed by atoms with Gasteiger partial charge < -0.3 is 14.2 Å². The maximum absolute atomic E-state index is 12.9. The molecular formula is C71H134O6. The summed E-state index contributed by atoms with van der Waals surface area (Å²) in [4.78, 5) is 38.4. The predicted molar refractivity (Wildman–Crippen MR) is 335 cm³/mol. The van der Waals surface area contributed by atoms with Gasteiger partial charge in [0.2, 0.25) is 0 Å². The number of carbonyl (C=O) groups is 3. The number of hydrogen-bond acceptors (Lipinski definition) is 6. The lowest BCUT2D eigenvalue weighted by atomic mass is 10.0. The fourth-order valence-electron chi connectivity index (χ4n) is 10.7. The standard InChI is InChI=1S/C71H134O6/c1-4-7-10-13-16-19-22-25-28-31-34-35-36-38-40-43-46-49-52-55-58-61-64-70(73)76-67-68(66-75-69(72)63-60-57-54-51-48-45-42-39-33-30-27-24-21-18-15-12-9-6-3)77-71(74)65-62-59-56-53-50-47-44-41-37-32-29-26-23-20-17-14-11-8-5-2/h21,24,30,33,68H,4-20,22-23,25-29,31-32,34-67H2,1-3H3/b24-21-,33-30-. The van der Waals surface area contributed by atoms with Crippen molar-refractivity contribution >= 4 is 17.9 Å². The Hall–Kier alpha value is -2.11. The molecule has 0 amide bonds. The quantitative estimate of drug-likeness (QED) is 0.0261. The molecule has 6 nitrogen and oxygen atoms in total. The number of rotatable bonds is 65. The molecule has 0 aromatic heterocycles. The molecule has 1 atom stereocenters. The number of unbranched alkanes of at least 4 members (excludes halogenated alkanes) is 50. The Balaban J connectivity index is 4.30. The molecule has 0 radical (unpaired) electrons. The molecule has 0 bridgehead atoms. The minimum Gasteiger partial charge on any atom is -0.462 e. The molecule has 6 heteroatoms. The molecule has 0 aromatic carbocycles. The Kier molecular flexibility index (Phi) is 64.6. The third-order valence-electron chi connectivity index (χ3n) is 16.0. The molecule has 0 aliphatic heterocycles. The number of allylic oxidation sites excluding steroid dienone is 4. The molecule has 0 heterocycles. The summed E-state index contributed by atoms with van der Waals surface area (Å²) in [5, 5.41) is 0. The molecule has 0 rings (SSSR count). The van der Waals surface area contributed by atoms with E-state index >= 15 is 0 Å². The lowest BCUT2D eigenvalue weighted by Gasteiger charge is -2.18. The van der Waals surface area contributed by atoms with Crippen LogP contribution in [-0.2, 0) is 28.6 Å². The van der Waals surface area contributed by atoms with Gasteiger partial charge in [0.1, 0.15) is 13.2 Å². The summed E-state index contributed by atoms with van der Waals surface area (Å²) < 4.78 is 17.0. The van der Waals surface area contributed by atoms with Gasteiger partial charge in [-0.2, -0.15) is 0 Å². The van der Waals surface area contributed by atoms with Crippen LogP contribution in [-0.4, -0.2) is 37.2 Å². The maximum Gasteiger partial charge on any atom is 0.306 e. The predicted octanol–water partition coefficient (Wildman–Crippen LogP) is 23.8. The second-order valence-electron chi connectivity index (χ2n) is 23.8. The summed E-state index contributed by atoms with van der Waals surface area (Å²) in [7, 11) is 0. The van der Waals surface area contributed by atoms with E-state index in [1.807, 2.05) is 0 Å². The highest BCUT2D eigenvalue weighted by molar-refractivity contribution is 5.71. The Bertz CT molecular complexity index is 1240. The van der Waals surface area contributed by atoms with Crippen molar-refractivity contribution in [3.63, 3.8) is 0 Å².